The van der Waals surface area contributed by atoms with Crippen LogP contribution in [0.1, 0.15) is 18.4 Å². The summed E-state index contributed by atoms with van der Waals surface area (Å²) < 4.78 is 26.4. The zero-order valence-corrected chi connectivity index (χ0v) is 14.7. The van der Waals surface area contributed by atoms with Crippen molar-refractivity contribution in [2.24, 2.45) is 0 Å². The smallest absolute Gasteiger partial charge is 0.242 e. The highest BCUT2D eigenvalue weighted by atomic mass is 32.2. The van der Waals surface area contributed by atoms with E-state index in [1.807, 2.05) is 6.07 Å². The van der Waals surface area contributed by atoms with E-state index < -0.39 is 10.0 Å². The Bertz CT molecular complexity index is 608. The molecule has 0 radical (unpaired) electrons. The first-order chi connectivity index (χ1) is 9.91. The van der Waals surface area contributed by atoms with Gasteiger partial charge in [0, 0.05) is 32.9 Å². The fraction of sp³-hybridized carbons (Fsp3) is 0.500. The maximum absolute atomic E-state index is 12.1. The molecule has 0 atom stereocenters. The lowest BCUT2D eigenvalue weighted by molar-refractivity contribution is 0.520. The second-order valence-corrected chi connectivity index (χ2v) is 8.94. The topological polar surface area (TPSA) is 40.6 Å². The van der Waals surface area contributed by atoms with E-state index in [1.54, 1.807) is 44.1 Å². The SMILES string of the molecule is CN(C)S(=O)(=O)c1cccc(CSC(=S)N2CCCC2)c1. The van der Waals surface area contributed by atoms with E-state index >= 15 is 0 Å². The van der Waals surface area contributed by atoms with Gasteiger partial charge in [0.05, 0.1) is 4.90 Å². The Labute approximate surface area is 136 Å². The third-order valence-electron chi connectivity index (χ3n) is 3.40. The normalized spacial score (nSPS) is 15.7. The summed E-state index contributed by atoms with van der Waals surface area (Å²) in [6.07, 6.45) is 2.41. The molecule has 1 aliphatic rings. The lowest BCUT2D eigenvalue weighted by atomic mass is 10.2. The summed E-state index contributed by atoms with van der Waals surface area (Å²) in [5.74, 6) is 0.701. The van der Waals surface area contributed by atoms with Gasteiger partial charge in [-0.2, -0.15) is 0 Å². The molecule has 116 valence electrons. The number of hydrogen-bond donors (Lipinski definition) is 0. The van der Waals surface area contributed by atoms with Crippen molar-refractivity contribution >= 4 is 38.3 Å². The molecule has 1 aliphatic heterocycles. The maximum atomic E-state index is 12.1. The van der Waals surface area contributed by atoms with Gasteiger partial charge in [-0.25, -0.2) is 12.7 Å². The van der Waals surface area contributed by atoms with Gasteiger partial charge < -0.3 is 4.90 Å². The van der Waals surface area contributed by atoms with Crippen molar-refractivity contribution in [1.29, 1.82) is 0 Å². The van der Waals surface area contributed by atoms with Crippen LogP contribution < -0.4 is 0 Å². The maximum Gasteiger partial charge on any atom is 0.242 e. The van der Waals surface area contributed by atoms with Gasteiger partial charge in [-0.3, -0.25) is 0 Å². The van der Waals surface area contributed by atoms with Crippen LogP contribution in [-0.4, -0.2) is 49.1 Å². The highest BCUT2D eigenvalue weighted by Crippen LogP contribution is 2.22. The van der Waals surface area contributed by atoms with Crippen LogP contribution in [0, 0.1) is 0 Å². The van der Waals surface area contributed by atoms with Crippen molar-refractivity contribution in [3.8, 4) is 0 Å². The first-order valence-electron chi connectivity index (χ1n) is 6.84. The zero-order valence-electron chi connectivity index (χ0n) is 12.3. The molecule has 1 fully saturated rings. The molecule has 0 aliphatic carbocycles. The number of nitrogens with zero attached hydrogens (tertiary/aromatic N) is 2. The van der Waals surface area contributed by atoms with Crippen molar-refractivity contribution in [3.63, 3.8) is 0 Å². The van der Waals surface area contributed by atoms with Crippen LogP contribution in [0.5, 0.6) is 0 Å². The molecule has 0 N–H and O–H groups in total. The lowest BCUT2D eigenvalue weighted by Gasteiger charge is -2.17. The van der Waals surface area contributed by atoms with Crippen molar-refractivity contribution in [2.45, 2.75) is 23.5 Å². The molecule has 0 spiro atoms. The number of sulfonamides is 1. The van der Waals surface area contributed by atoms with E-state index in [9.17, 15) is 8.42 Å². The van der Waals surface area contributed by atoms with Crippen LogP contribution in [0.25, 0.3) is 0 Å². The molecule has 0 amide bonds. The molecule has 1 aromatic carbocycles. The van der Waals surface area contributed by atoms with Crippen LogP contribution >= 0.6 is 24.0 Å². The molecular weight excluding hydrogens is 324 g/mol. The average molecular weight is 345 g/mol. The Kier molecular flexibility index (Phi) is 5.65. The number of thiocarbonyl (C=S) groups is 1. The van der Waals surface area contributed by atoms with Gasteiger partial charge >= 0.3 is 0 Å². The highest BCUT2D eigenvalue weighted by Gasteiger charge is 2.18. The highest BCUT2D eigenvalue weighted by molar-refractivity contribution is 8.22. The Balaban J connectivity index is 2.03. The minimum absolute atomic E-state index is 0.331. The monoisotopic (exact) mass is 344 g/mol. The van der Waals surface area contributed by atoms with Gasteiger partial charge in [-0.15, -0.1) is 0 Å². The number of thioether (sulfide) groups is 1. The second kappa shape index (κ2) is 7.09. The van der Waals surface area contributed by atoms with Crippen molar-refractivity contribution in [1.82, 2.24) is 9.21 Å². The standard InChI is InChI=1S/C14H20N2O2S3/c1-15(2)21(17,18)13-7-5-6-12(10-13)11-20-14(19)16-8-3-4-9-16/h5-7,10H,3-4,8-9,11H2,1-2H3. The predicted octanol–water partition coefficient (Wildman–Crippen LogP) is 2.55. The second-order valence-electron chi connectivity index (χ2n) is 5.18. The van der Waals surface area contributed by atoms with E-state index in [0.29, 0.717) is 10.6 Å². The summed E-state index contributed by atoms with van der Waals surface area (Å²) in [4.78, 5) is 2.55. The van der Waals surface area contributed by atoms with Gasteiger partial charge in [0.25, 0.3) is 0 Å². The van der Waals surface area contributed by atoms with Crippen LogP contribution in [-0.2, 0) is 15.8 Å². The molecule has 2 rings (SSSR count). The summed E-state index contributed by atoms with van der Waals surface area (Å²) in [5, 5.41) is 0. The number of likely N-dealkylation sites (tertiary alicyclic amines) is 1. The quantitative estimate of drug-likeness (QED) is 0.785. The summed E-state index contributed by atoms with van der Waals surface area (Å²) >= 11 is 7.03. The van der Waals surface area contributed by atoms with E-state index in [4.69, 9.17) is 12.2 Å². The summed E-state index contributed by atoms with van der Waals surface area (Å²) in [6, 6.07) is 7.08. The number of benzene rings is 1. The van der Waals surface area contributed by atoms with Crippen molar-refractivity contribution < 1.29 is 8.42 Å². The van der Waals surface area contributed by atoms with E-state index in [1.165, 1.54) is 17.1 Å². The zero-order chi connectivity index (χ0) is 15.5. The summed E-state index contributed by atoms with van der Waals surface area (Å²) in [6.45, 7) is 2.09. The molecule has 1 aromatic rings. The van der Waals surface area contributed by atoms with Gasteiger partial charge in [0.15, 0.2) is 0 Å². The van der Waals surface area contributed by atoms with E-state index in [2.05, 4.69) is 4.90 Å². The minimum Gasteiger partial charge on any atom is -0.358 e. The lowest BCUT2D eigenvalue weighted by Crippen LogP contribution is -2.23. The van der Waals surface area contributed by atoms with E-state index in [0.717, 1.165) is 23.0 Å². The Hall–Kier alpha value is -0.630. The number of hydrogen-bond acceptors (Lipinski definition) is 4. The van der Waals surface area contributed by atoms with Gasteiger partial charge in [-0.1, -0.05) is 36.1 Å². The Morgan fingerprint density at radius 3 is 2.62 bits per heavy atom. The molecular formula is C14H20N2O2S3. The molecule has 21 heavy (non-hydrogen) atoms. The molecule has 1 saturated heterocycles. The third-order valence-corrected chi connectivity index (χ3v) is 6.81. The fourth-order valence-corrected chi connectivity index (χ4v) is 4.31. The van der Waals surface area contributed by atoms with Crippen LogP contribution in [0.2, 0.25) is 0 Å². The Morgan fingerprint density at radius 2 is 2.00 bits per heavy atom. The molecule has 0 aromatic heterocycles. The average Bonchev–Trinajstić information content (AvgIpc) is 2.99. The Morgan fingerprint density at radius 1 is 1.33 bits per heavy atom. The molecule has 1 heterocycles. The first-order valence-corrected chi connectivity index (χ1v) is 9.68. The minimum atomic E-state index is -3.37. The molecule has 0 bridgehead atoms. The van der Waals surface area contributed by atoms with Crippen LogP contribution in [0.4, 0.5) is 0 Å². The molecule has 0 unspecified atom stereocenters. The van der Waals surface area contributed by atoms with Crippen molar-refractivity contribution in [3.05, 3.63) is 29.8 Å². The predicted molar refractivity (Wildman–Crippen MR) is 92.0 cm³/mol. The summed E-state index contributed by atoms with van der Waals surface area (Å²) in [5.41, 5.74) is 0.976. The number of rotatable bonds is 4. The van der Waals surface area contributed by atoms with Crippen LogP contribution in [0.15, 0.2) is 29.2 Å². The van der Waals surface area contributed by atoms with Gasteiger partial charge in [0.1, 0.15) is 4.32 Å². The fourth-order valence-electron chi connectivity index (χ4n) is 2.14. The molecule has 0 saturated carbocycles. The van der Waals surface area contributed by atoms with Crippen LogP contribution in [0.3, 0.4) is 0 Å². The van der Waals surface area contributed by atoms with Gasteiger partial charge in [0.2, 0.25) is 10.0 Å². The third kappa shape index (κ3) is 4.18. The largest absolute Gasteiger partial charge is 0.358 e. The van der Waals surface area contributed by atoms with Gasteiger partial charge in [-0.05, 0) is 30.5 Å². The van der Waals surface area contributed by atoms with E-state index in [-0.39, 0.29) is 0 Å². The van der Waals surface area contributed by atoms with Crippen molar-refractivity contribution in [2.75, 3.05) is 27.2 Å². The molecule has 4 nitrogen and oxygen atoms in total. The summed E-state index contributed by atoms with van der Waals surface area (Å²) in [7, 11) is -0.291. The first kappa shape index (κ1) is 16.7. The molecule has 7 heteroatoms.